The Balaban J connectivity index is 2.02. The maximum atomic E-state index is 11.3. The number of aryl methyl sites for hydroxylation is 1. The van der Waals surface area contributed by atoms with E-state index in [-0.39, 0.29) is 10.8 Å². The molecule has 0 aliphatic rings. The van der Waals surface area contributed by atoms with Crippen LogP contribution in [0.4, 0.5) is 5.69 Å². The second kappa shape index (κ2) is 9.05. The number of para-hydroxylation sites is 1. The molecule has 0 spiro atoms. The second-order valence-corrected chi connectivity index (χ2v) is 11.7. The smallest absolute Gasteiger partial charge is 0.127 e. The zero-order valence-corrected chi connectivity index (χ0v) is 20.9. The molecule has 0 fully saturated rings. The van der Waals surface area contributed by atoms with Gasteiger partial charge in [-0.25, -0.2) is 0 Å². The van der Waals surface area contributed by atoms with Gasteiger partial charge in [-0.2, -0.15) is 0 Å². The molecule has 0 bridgehead atoms. The van der Waals surface area contributed by atoms with Crippen molar-refractivity contribution in [3.05, 3.63) is 82.9 Å². The van der Waals surface area contributed by atoms with Crippen LogP contribution in [0.2, 0.25) is 0 Å². The Hall–Kier alpha value is -2.31. The number of hydrogen-bond donors (Lipinski definition) is 2. The van der Waals surface area contributed by atoms with Crippen molar-refractivity contribution < 1.29 is 5.11 Å². The molecule has 31 heavy (non-hydrogen) atoms. The highest BCUT2D eigenvalue weighted by atomic mass is 31.1. The van der Waals surface area contributed by atoms with E-state index >= 15 is 0 Å². The number of anilines is 1. The van der Waals surface area contributed by atoms with Crippen molar-refractivity contribution in [2.45, 2.75) is 65.8 Å². The highest BCUT2D eigenvalue weighted by Crippen LogP contribution is 2.36. The van der Waals surface area contributed by atoms with E-state index in [9.17, 15) is 5.11 Å². The lowest BCUT2D eigenvalue weighted by atomic mass is 9.80. The average molecular weight is 434 g/mol. The summed E-state index contributed by atoms with van der Waals surface area (Å²) in [6.45, 7) is 16.2. The van der Waals surface area contributed by atoms with E-state index in [1.807, 2.05) is 18.2 Å². The largest absolute Gasteiger partial charge is 0.507 e. The number of nitrogens with one attached hydrogen (secondary N) is 1. The molecule has 0 heterocycles. The van der Waals surface area contributed by atoms with Gasteiger partial charge in [-0.3, -0.25) is 0 Å². The Labute approximate surface area is 189 Å². The van der Waals surface area contributed by atoms with Gasteiger partial charge in [0.1, 0.15) is 5.75 Å². The van der Waals surface area contributed by atoms with E-state index < -0.39 is 0 Å². The molecule has 0 aromatic heterocycles. The molecule has 1 unspecified atom stereocenters. The van der Waals surface area contributed by atoms with Crippen molar-refractivity contribution in [2.75, 3.05) is 5.32 Å². The zero-order chi connectivity index (χ0) is 22.8. The molecule has 0 radical (unpaired) electrons. The summed E-state index contributed by atoms with van der Waals surface area (Å²) in [7, 11) is 0.402. The normalized spacial score (nSPS) is 12.5. The van der Waals surface area contributed by atoms with Gasteiger partial charge in [-0.15, -0.1) is 0 Å². The summed E-state index contributed by atoms with van der Waals surface area (Å²) in [4.78, 5) is 0. The molecule has 0 aliphatic heterocycles. The first-order valence-corrected chi connectivity index (χ1v) is 12.0. The zero-order valence-electron chi connectivity index (χ0n) is 19.9. The van der Waals surface area contributed by atoms with Gasteiger partial charge in [0.25, 0.3) is 0 Å². The minimum Gasteiger partial charge on any atom is -0.507 e. The number of phenols is 1. The molecule has 3 aromatic carbocycles. The molecule has 2 N–H and O–H groups in total. The first-order chi connectivity index (χ1) is 14.5. The fourth-order valence-corrected chi connectivity index (χ4v) is 5.04. The third-order valence-corrected chi connectivity index (χ3v) is 7.28. The summed E-state index contributed by atoms with van der Waals surface area (Å²) in [5.74, 6) is 0.448. The minimum absolute atomic E-state index is 0.0242. The van der Waals surface area contributed by atoms with Crippen molar-refractivity contribution in [2.24, 2.45) is 0 Å². The van der Waals surface area contributed by atoms with Crippen LogP contribution >= 0.6 is 8.58 Å². The van der Waals surface area contributed by atoms with Gasteiger partial charge in [0, 0.05) is 23.1 Å². The Bertz CT molecular complexity index is 1040. The highest BCUT2D eigenvalue weighted by molar-refractivity contribution is 7.56. The SMILES string of the molecule is Cc1cccc(CNc2ccccc2)c1Pc1cc(C(C)(C)C)cc(C(C)(C)C)c1O. The van der Waals surface area contributed by atoms with Crippen LogP contribution in [-0.4, -0.2) is 5.11 Å². The van der Waals surface area contributed by atoms with E-state index in [4.69, 9.17) is 0 Å². The van der Waals surface area contributed by atoms with Crippen LogP contribution in [0.5, 0.6) is 5.75 Å². The average Bonchev–Trinajstić information content (AvgIpc) is 2.68. The van der Waals surface area contributed by atoms with Crippen LogP contribution in [0.3, 0.4) is 0 Å². The van der Waals surface area contributed by atoms with E-state index in [0.29, 0.717) is 14.3 Å². The first kappa shape index (κ1) is 23.4. The van der Waals surface area contributed by atoms with Crippen molar-refractivity contribution in [1.29, 1.82) is 0 Å². The van der Waals surface area contributed by atoms with Crippen LogP contribution in [0.15, 0.2) is 60.7 Å². The summed E-state index contributed by atoms with van der Waals surface area (Å²) < 4.78 is 0. The quantitative estimate of drug-likeness (QED) is 0.448. The van der Waals surface area contributed by atoms with Crippen molar-refractivity contribution in [1.82, 2.24) is 0 Å². The Morgan fingerprint density at radius 1 is 0.839 bits per heavy atom. The summed E-state index contributed by atoms with van der Waals surface area (Å²) in [6, 6.07) is 21.2. The van der Waals surface area contributed by atoms with E-state index in [1.165, 1.54) is 22.0 Å². The molecular weight excluding hydrogens is 397 g/mol. The highest BCUT2D eigenvalue weighted by Gasteiger charge is 2.25. The van der Waals surface area contributed by atoms with E-state index in [2.05, 4.69) is 96.2 Å². The first-order valence-electron chi connectivity index (χ1n) is 11.0. The van der Waals surface area contributed by atoms with Crippen LogP contribution in [0.1, 0.15) is 63.8 Å². The Morgan fingerprint density at radius 2 is 1.52 bits per heavy atom. The second-order valence-electron chi connectivity index (χ2n) is 10.4. The molecule has 3 heteroatoms. The third-order valence-electron chi connectivity index (χ3n) is 5.66. The summed E-state index contributed by atoms with van der Waals surface area (Å²) in [5.41, 5.74) is 5.87. The predicted molar refractivity (Wildman–Crippen MR) is 138 cm³/mol. The van der Waals surface area contributed by atoms with E-state index in [1.54, 1.807) is 0 Å². The number of phenolic OH excluding ortho intramolecular Hbond substituents is 1. The van der Waals surface area contributed by atoms with Gasteiger partial charge in [-0.05, 0) is 57.9 Å². The standard InChI is InChI=1S/C28H36NOP/c1-19-12-11-13-20(18-29-22-14-9-8-10-15-22)26(19)31-24-17-21(27(2,3)4)16-23(25(24)30)28(5,6)7/h8-17,29-31H,18H2,1-7H3. The molecule has 164 valence electrons. The van der Waals surface area contributed by atoms with E-state index in [0.717, 1.165) is 23.1 Å². The fourth-order valence-electron chi connectivity index (χ4n) is 3.68. The lowest BCUT2D eigenvalue weighted by Gasteiger charge is -2.28. The van der Waals surface area contributed by atoms with Crippen LogP contribution in [0, 0.1) is 6.92 Å². The van der Waals surface area contributed by atoms with Crippen molar-refractivity contribution in [3.63, 3.8) is 0 Å². The molecule has 0 aliphatic carbocycles. The van der Waals surface area contributed by atoms with Crippen LogP contribution in [0.25, 0.3) is 0 Å². The number of hydrogen-bond acceptors (Lipinski definition) is 2. The van der Waals surface area contributed by atoms with Gasteiger partial charge < -0.3 is 10.4 Å². The topological polar surface area (TPSA) is 32.3 Å². The van der Waals surface area contributed by atoms with Gasteiger partial charge in [-0.1, -0.05) is 92.6 Å². The van der Waals surface area contributed by atoms with Gasteiger partial charge in [0.05, 0.1) is 0 Å². The number of aromatic hydroxyl groups is 1. The maximum Gasteiger partial charge on any atom is 0.127 e. The van der Waals surface area contributed by atoms with Crippen molar-refractivity contribution in [3.8, 4) is 5.75 Å². The molecule has 0 saturated carbocycles. The predicted octanol–water partition coefficient (Wildman–Crippen LogP) is 6.54. The molecule has 0 saturated heterocycles. The Morgan fingerprint density at radius 3 is 2.13 bits per heavy atom. The Kier molecular flexibility index (Phi) is 6.82. The molecule has 3 aromatic rings. The number of benzene rings is 3. The van der Waals surface area contributed by atoms with Gasteiger partial charge in [0.2, 0.25) is 0 Å². The third kappa shape index (κ3) is 5.69. The summed E-state index contributed by atoms with van der Waals surface area (Å²) in [6.07, 6.45) is 0. The van der Waals surface area contributed by atoms with Crippen LogP contribution in [-0.2, 0) is 17.4 Å². The van der Waals surface area contributed by atoms with Gasteiger partial charge in [0.15, 0.2) is 0 Å². The lowest BCUT2D eigenvalue weighted by Crippen LogP contribution is -2.22. The van der Waals surface area contributed by atoms with Crippen LogP contribution < -0.4 is 15.9 Å². The van der Waals surface area contributed by atoms with Gasteiger partial charge >= 0.3 is 0 Å². The number of rotatable bonds is 5. The molecular formula is C28H36NOP. The molecule has 1 atom stereocenters. The lowest BCUT2D eigenvalue weighted by molar-refractivity contribution is 0.449. The summed E-state index contributed by atoms with van der Waals surface area (Å²) >= 11 is 0. The monoisotopic (exact) mass is 433 g/mol. The maximum absolute atomic E-state index is 11.3. The minimum atomic E-state index is -0.117. The fraction of sp³-hybridized carbons (Fsp3) is 0.357. The molecule has 0 amide bonds. The molecule has 3 rings (SSSR count). The summed E-state index contributed by atoms with van der Waals surface area (Å²) in [5, 5.41) is 17.1. The molecule has 2 nitrogen and oxygen atoms in total. The van der Waals surface area contributed by atoms with Crippen molar-refractivity contribution >= 4 is 24.9 Å².